The quantitative estimate of drug-likeness (QED) is 0.889. The first-order valence-corrected chi connectivity index (χ1v) is 7.09. The lowest BCUT2D eigenvalue weighted by Crippen LogP contribution is -2.31. The van der Waals surface area contributed by atoms with Gasteiger partial charge in [-0.3, -0.25) is 4.79 Å². The van der Waals surface area contributed by atoms with Crippen molar-refractivity contribution in [1.82, 2.24) is 9.88 Å². The number of aromatic amines is 1. The van der Waals surface area contributed by atoms with Gasteiger partial charge in [0.25, 0.3) is 5.91 Å². The van der Waals surface area contributed by atoms with Gasteiger partial charge in [0.1, 0.15) is 5.69 Å². The number of carbonyl (C=O) groups is 2. The minimum Gasteiger partial charge on any atom is -0.477 e. The molecule has 0 aromatic carbocycles. The number of amides is 1. The lowest BCUT2D eigenvalue weighted by Gasteiger charge is -2.21. The average Bonchev–Trinajstić information content (AvgIpc) is 2.97. The molecule has 2 N–H and O–H groups in total. The molecule has 1 heterocycles. The van der Waals surface area contributed by atoms with E-state index in [0.717, 1.165) is 6.54 Å². The molecule has 1 aromatic rings. The lowest BCUT2D eigenvalue weighted by molar-refractivity contribution is 0.0690. The van der Waals surface area contributed by atoms with Gasteiger partial charge in [-0.15, -0.1) is 0 Å². The van der Waals surface area contributed by atoms with Gasteiger partial charge in [0.2, 0.25) is 0 Å². The molecule has 1 saturated carbocycles. The van der Waals surface area contributed by atoms with Crippen LogP contribution in [0, 0.1) is 19.8 Å². The van der Waals surface area contributed by atoms with Gasteiger partial charge in [0, 0.05) is 19.3 Å². The van der Waals surface area contributed by atoms with Crippen molar-refractivity contribution in [1.29, 1.82) is 0 Å². The van der Waals surface area contributed by atoms with Crippen LogP contribution in [0.5, 0.6) is 0 Å². The second-order valence-electron chi connectivity index (χ2n) is 5.77. The van der Waals surface area contributed by atoms with E-state index in [9.17, 15) is 9.59 Å². The fourth-order valence-electron chi connectivity index (χ4n) is 3.14. The zero-order chi connectivity index (χ0) is 14.9. The highest BCUT2D eigenvalue weighted by Crippen LogP contribution is 2.26. The third-order valence-electron chi connectivity index (χ3n) is 4.22. The summed E-state index contributed by atoms with van der Waals surface area (Å²) >= 11 is 0. The molecule has 110 valence electrons. The summed E-state index contributed by atoms with van der Waals surface area (Å²) in [5.41, 5.74) is 1.77. The van der Waals surface area contributed by atoms with Crippen LogP contribution in [-0.2, 0) is 0 Å². The molecule has 0 atom stereocenters. The largest absolute Gasteiger partial charge is 0.477 e. The predicted molar refractivity (Wildman–Crippen MR) is 76.1 cm³/mol. The fourth-order valence-corrected chi connectivity index (χ4v) is 3.14. The summed E-state index contributed by atoms with van der Waals surface area (Å²) in [7, 11) is 1.80. The molecule has 20 heavy (non-hydrogen) atoms. The maximum Gasteiger partial charge on any atom is 0.352 e. The third-order valence-corrected chi connectivity index (χ3v) is 4.22. The number of H-pyrrole nitrogens is 1. The number of nitrogens with one attached hydrogen (secondary N) is 1. The van der Waals surface area contributed by atoms with Crippen LogP contribution in [0.1, 0.15) is 57.8 Å². The van der Waals surface area contributed by atoms with Crippen LogP contribution in [0.2, 0.25) is 0 Å². The molecule has 0 unspecified atom stereocenters. The zero-order valence-corrected chi connectivity index (χ0v) is 12.3. The van der Waals surface area contributed by atoms with Crippen LogP contribution >= 0.6 is 0 Å². The second kappa shape index (κ2) is 5.69. The van der Waals surface area contributed by atoms with Crippen molar-refractivity contribution >= 4 is 11.9 Å². The van der Waals surface area contributed by atoms with Crippen molar-refractivity contribution < 1.29 is 14.7 Å². The Morgan fingerprint density at radius 2 is 1.90 bits per heavy atom. The molecule has 0 bridgehead atoms. The Balaban J connectivity index is 2.17. The van der Waals surface area contributed by atoms with E-state index in [1.165, 1.54) is 25.7 Å². The minimum atomic E-state index is -1.02. The van der Waals surface area contributed by atoms with E-state index in [1.54, 1.807) is 25.8 Å². The smallest absolute Gasteiger partial charge is 0.352 e. The zero-order valence-electron chi connectivity index (χ0n) is 12.3. The first-order valence-electron chi connectivity index (χ1n) is 7.09. The van der Waals surface area contributed by atoms with Crippen LogP contribution in [0.4, 0.5) is 0 Å². The standard InChI is InChI=1S/C15H22N2O3/c1-9-12(10(2)16-13(9)15(19)20)14(18)17(3)8-11-6-4-5-7-11/h11,16H,4-8H2,1-3H3,(H,19,20). The van der Waals surface area contributed by atoms with E-state index in [4.69, 9.17) is 5.11 Å². The molecule has 5 heteroatoms. The van der Waals surface area contributed by atoms with Crippen molar-refractivity contribution in [2.24, 2.45) is 5.92 Å². The van der Waals surface area contributed by atoms with Crippen molar-refractivity contribution in [2.45, 2.75) is 39.5 Å². The average molecular weight is 278 g/mol. The first-order chi connectivity index (χ1) is 9.41. The molecule has 0 radical (unpaired) electrons. The van der Waals surface area contributed by atoms with Gasteiger partial charge in [-0.1, -0.05) is 12.8 Å². The number of hydrogen-bond acceptors (Lipinski definition) is 2. The molecule has 5 nitrogen and oxygen atoms in total. The number of rotatable bonds is 4. The highest BCUT2D eigenvalue weighted by Gasteiger charge is 2.25. The molecule has 0 saturated heterocycles. The number of nitrogens with zero attached hydrogens (tertiary/aromatic N) is 1. The summed E-state index contributed by atoms with van der Waals surface area (Å²) in [5.74, 6) is -0.527. The second-order valence-corrected chi connectivity index (χ2v) is 5.77. The molecule has 1 aromatic heterocycles. The Morgan fingerprint density at radius 1 is 1.30 bits per heavy atom. The Kier molecular flexibility index (Phi) is 4.16. The number of carbonyl (C=O) groups excluding carboxylic acids is 1. The van der Waals surface area contributed by atoms with Gasteiger partial charge in [-0.25, -0.2) is 4.79 Å². The molecule has 1 amide bonds. The third kappa shape index (κ3) is 2.71. The summed E-state index contributed by atoms with van der Waals surface area (Å²) < 4.78 is 0. The topological polar surface area (TPSA) is 73.4 Å². The fraction of sp³-hybridized carbons (Fsp3) is 0.600. The number of aromatic carboxylic acids is 1. The van der Waals surface area contributed by atoms with Crippen molar-refractivity contribution in [3.05, 3.63) is 22.5 Å². The molecule has 2 rings (SSSR count). The lowest BCUT2D eigenvalue weighted by atomic mass is 10.1. The molecular weight excluding hydrogens is 256 g/mol. The van der Waals surface area contributed by atoms with Gasteiger partial charge >= 0.3 is 5.97 Å². The highest BCUT2D eigenvalue weighted by molar-refractivity contribution is 6.00. The van der Waals surface area contributed by atoms with Crippen molar-refractivity contribution in [2.75, 3.05) is 13.6 Å². The Labute approximate surface area is 119 Å². The van der Waals surface area contributed by atoms with Crippen LogP contribution in [0.3, 0.4) is 0 Å². The number of hydrogen-bond donors (Lipinski definition) is 2. The van der Waals surface area contributed by atoms with Crippen LogP contribution in [-0.4, -0.2) is 40.5 Å². The normalized spacial score (nSPS) is 15.6. The SMILES string of the molecule is Cc1[nH]c(C(=O)O)c(C)c1C(=O)N(C)CC1CCCC1. The Morgan fingerprint density at radius 3 is 2.40 bits per heavy atom. The Hall–Kier alpha value is -1.78. The van der Waals surface area contributed by atoms with Gasteiger partial charge < -0.3 is 15.0 Å². The molecule has 1 fully saturated rings. The van der Waals surface area contributed by atoms with E-state index in [0.29, 0.717) is 22.7 Å². The number of carboxylic acids is 1. The van der Waals surface area contributed by atoms with E-state index in [1.807, 2.05) is 0 Å². The number of carboxylic acid groups (broad SMARTS) is 1. The number of aryl methyl sites for hydroxylation is 1. The van der Waals surface area contributed by atoms with E-state index in [2.05, 4.69) is 4.98 Å². The summed E-state index contributed by atoms with van der Waals surface area (Å²) in [6.07, 6.45) is 4.86. The molecule has 1 aliphatic carbocycles. The van der Waals surface area contributed by atoms with E-state index in [-0.39, 0.29) is 11.6 Å². The van der Waals surface area contributed by atoms with Gasteiger partial charge in [-0.05, 0) is 38.2 Å². The minimum absolute atomic E-state index is 0.0874. The first kappa shape index (κ1) is 14.6. The highest BCUT2D eigenvalue weighted by atomic mass is 16.4. The summed E-state index contributed by atoms with van der Waals surface area (Å²) in [4.78, 5) is 28.1. The van der Waals surface area contributed by atoms with E-state index < -0.39 is 5.97 Å². The molecule has 0 aliphatic heterocycles. The molecule has 1 aliphatic rings. The van der Waals surface area contributed by atoms with Crippen LogP contribution in [0.15, 0.2) is 0 Å². The van der Waals surface area contributed by atoms with Crippen LogP contribution < -0.4 is 0 Å². The summed E-state index contributed by atoms with van der Waals surface area (Å²) in [6.45, 7) is 4.19. The summed E-state index contributed by atoms with van der Waals surface area (Å²) in [5, 5.41) is 9.10. The van der Waals surface area contributed by atoms with E-state index >= 15 is 0 Å². The van der Waals surface area contributed by atoms with Crippen LogP contribution in [0.25, 0.3) is 0 Å². The van der Waals surface area contributed by atoms with Gasteiger partial charge in [-0.2, -0.15) is 0 Å². The molecular formula is C15H22N2O3. The maximum absolute atomic E-state index is 12.5. The monoisotopic (exact) mass is 278 g/mol. The predicted octanol–water partition coefficient (Wildman–Crippen LogP) is 2.59. The van der Waals surface area contributed by atoms with Crippen molar-refractivity contribution in [3.63, 3.8) is 0 Å². The maximum atomic E-state index is 12.5. The Bertz CT molecular complexity index is 527. The van der Waals surface area contributed by atoms with Gasteiger partial charge in [0.05, 0.1) is 5.56 Å². The summed E-state index contributed by atoms with van der Waals surface area (Å²) in [6, 6.07) is 0. The molecule has 0 spiro atoms. The number of aromatic nitrogens is 1. The van der Waals surface area contributed by atoms with Gasteiger partial charge in [0.15, 0.2) is 0 Å². The van der Waals surface area contributed by atoms with Crippen molar-refractivity contribution in [3.8, 4) is 0 Å².